The highest BCUT2D eigenvalue weighted by Gasteiger charge is 2.25. The monoisotopic (exact) mass is 337 g/mol. The lowest BCUT2D eigenvalue weighted by Crippen LogP contribution is -2.29. The first-order chi connectivity index (χ1) is 9.74. The highest BCUT2D eigenvalue weighted by atomic mass is 79.9. The van der Waals surface area contributed by atoms with Gasteiger partial charge >= 0.3 is 0 Å². The van der Waals surface area contributed by atoms with Gasteiger partial charge in [-0.2, -0.15) is 0 Å². The average molecular weight is 338 g/mol. The SMILES string of the molecule is CCCNC(c1cccc(Br)c1C)C1CCCCCC1. The molecule has 1 fully saturated rings. The number of halogens is 1. The van der Waals surface area contributed by atoms with Gasteiger partial charge in [-0.3, -0.25) is 0 Å². The lowest BCUT2D eigenvalue weighted by Gasteiger charge is -2.29. The molecule has 2 rings (SSSR count). The third-order valence-corrected chi connectivity index (χ3v) is 5.49. The molecule has 0 heterocycles. The van der Waals surface area contributed by atoms with Gasteiger partial charge in [0.1, 0.15) is 0 Å². The van der Waals surface area contributed by atoms with Gasteiger partial charge in [0.2, 0.25) is 0 Å². The molecule has 0 amide bonds. The van der Waals surface area contributed by atoms with Crippen LogP contribution in [0.15, 0.2) is 22.7 Å². The summed E-state index contributed by atoms with van der Waals surface area (Å²) < 4.78 is 1.24. The van der Waals surface area contributed by atoms with Gasteiger partial charge < -0.3 is 5.32 Å². The van der Waals surface area contributed by atoms with Crippen molar-refractivity contribution < 1.29 is 0 Å². The minimum absolute atomic E-state index is 0.533. The van der Waals surface area contributed by atoms with Crippen LogP contribution in [0.5, 0.6) is 0 Å². The molecule has 1 N–H and O–H groups in total. The van der Waals surface area contributed by atoms with E-state index in [4.69, 9.17) is 0 Å². The number of hydrogen-bond acceptors (Lipinski definition) is 1. The molecule has 0 radical (unpaired) electrons. The summed E-state index contributed by atoms with van der Waals surface area (Å²) in [5, 5.41) is 3.83. The van der Waals surface area contributed by atoms with Gasteiger partial charge in [0.05, 0.1) is 0 Å². The van der Waals surface area contributed by atoms with E-state index in [0.717, 1.165) is 12.5 Å². The number of hydrogen-bond donors (Lipinski definition) is 1. The zero-order valence-electron chi connectivity index (χ0n) is 12.9. The van der Waals surface area contributed by atoms with Crippen molar-refractivity contribution in [2.45, 2.75) is 64.8 Å². The third kappa shape index (κ3) is 4.08. The van der Waals surface area contributed by atoms with E-state index >= 15 is 0 Å². The zero-order valence-corrected chi connectivity index (χ0v) is 14.5. The molecule has 112 valence electrons. The Morgan fingerprint density at radius 1 is 1.20 bits per heavy atom. The fourth-order valence-electron chi connectivity index (χ4n) is 3.44. The Balaban J connectivity index is 2.23. The molecule has 0 aromatic heterocycles. The lowest BCUT2D eigenvalue weighted by molar-refractivity contribution is 0.325. The van der Waals surface area contributed by atoms with E-state index in [1.165, 1.54) is 60.5 Å². The topological polar surface area (TPSA) is 12.0 Å². The van der Waals surface area contributed by atoms with Crippen LogP contribution in [0.3, 0.4) is 0 Å². The maximum atomic E-state index is 3.83. The molecule has 1 aliphatic rings. The van der Waals surface area contributed by atoms with E-state index < -0.39 is 0 Å². The molecule has 1 saturated carbocycles. The molecule has 1 nitrogen and oxygen atoms in total. The van der Waals surface area contributed by atoms with Crippen LogP contribution in [-0.2, 0) is 0 Å². The van der Waals surface area contributed by atoms with Gasteiger partial charge in [0.25, 0.3) is 0 Å². The molecule has 0 saturated heterocycles. The van der Waals surface area contributed by atoms with Crippen LogP contribution in [0, 0.1) is 12.8 Å². The maximum absolute atomic E-state index is 3.83. The summed E-state index contributed by atoms with van der Waals surface area (Å²) in [4.78, 5) is 0. The fourth-order valence-corrected chi connectivity index (χ4v) is 3.82. The van der Waals surface area contributed by atoms with Crippen molar-refractivity contribution in [2.75, 3.05) is 6.54 Å². The summed E-state index contributed by atoms with van der Waals surface area (Å²) in [6.45, 7) is 5.62. The van der Waals surface area contributed by atoms with Crippen molar-refractivity contribution in [1.82, 2.24) is 5.32 Å². The molecule has 0 spiro atoms. The van der Waals surface area contributed by atoms with Crippen molar-refractivity contribution in [3.63, 3.8) is 0 Å². The van der Waals surface area contributed by atoms with Crippen molar-refractivity contribution >= 4 is 15.9 Å². The highest BCUT2D eigenvalue weighted by Crippen LogP contribution is 2.36. The largest absolute Gasteiger partial charge is 0.310 e. The summed E-state index contributed by atoms with van der Waals surface area (Å²) in [5.74, 6) is 0.803. The van der Waals surface area contributed by atoms with Gasteiger partial charge in [0.15, 0.2) is 0 Å². The molecule has 1 aromatic rings. The summed E-state index contributed by atoms with van der Waals surface area (Å²) >= 11 is 3.69. The van der Waals surface area contributed by atoms with Gasteiger partial charge in [-0.25, -0.2) is 0 Å². The predicted octanol–water partition coefficient (Wildman–Crippen LogP) is 5.77. The van der Waals surface area contributed by atoms with Crippen LogP contribution in [0.25, 0.3) is 0 Å². The van der Waals surface area contributed by atoms with Crippen LogP contribution in [-0.4, -0.2) is 6.54 Å². The Morgan fingerprint density at radius 2 is 1.90 bits per heavy atom. The van der Waals surface area contributed by atoms with E-state index in [2.05, 4.69) is 53.3 Å². The lowest BCUT2D eigenvalue weighted by atomic mass is 9.85. The molecule has 1 aromatic carbocycles. The average Bonchev–Trinajstić information content (AvgIpc) is 2.73. The van der Waals surface area contributed by atoms with Crippen molar-refractivity contribution in [3.05, 3.63) is 33.8 Å². The Kier molecular flexibility index (Phi) is 6.57. The summed E-state index contributed by atoms with van der Waals surface area (Å²) in [6, 6.07) is 7.19. The summed E-state index contributed by atoms with van der Waals surface area (Å²) in [6.07, 6.45) is 9.63. The quantitative estimate of drug-likeness (QED) is 0.672. The Labute approximate surface area is 132 Å². The molecular weight excluding hydrogens is 310 g/mol. The van der Waals surface area contributed by atoms with Gasteiger partial charge in [0, 0.05) is 10.5 Å². The van der Waals surface area contributed by atoms with E-state index in [1.807, 2.05) is 0 Å². The standard InChI is InChI=1S/C18H28BrN/c1-3-13-20-18(15-9-6-4-5-7-10-15)16-11-8-12-17(19)14(16)2/h8,11-12,15,18,20H,3-7,9-10,13H2,1-2H3. The maximum Gasteiger partial charge on any atom is 0.0351 e. The minimum atomic E-state index is 0.533. The summed E-state index contributed by atoms with van der Waals surface area (Å²) in [7, 11) is 0. The van der Waals surface area contributed by atoms with Gasteiger partial charge in [-0.15, -0.1) is 0 Å². The smallest absolute Gasteiger partial charge is 0.0351 e. The molecule has 1 aliphatic carbocycles. The van der Waals surface area contributed by atoms with Crippen LogP contribution in [0.4, 0.5) is 0 Å². The summed E-state index contributed by atoms with van der Waals surface area (Å²) in [5.41, 5.74) is 2.91. The first kappa shape index (κ1) is 16.0. The van der Waals surface area contributed by atoms with E-state index in [0.29, 0.717) is 6.04 Å². The molecule has 1 unspecified atom stereocenters. The Morgan fingerprint density at radius 3 is 2.55 bits per heavy atom. The second kappa shape index (κ2) is 8.19. The second-order valence-electron chi connectivity index (χ2n) is 6.14. The van der Waals surface area contributed by atoms with E-state index in [-0.39, 0.29) is 0 Å². The molecule has 2 heteroatoms. The van der Waals surface area contributed by atoms with Crippen LogP contribution >= 0.6 is 15.9 Å². The zero-order chi connectivity index (χ0) is 14.4. The normalized spacial score (nSPS) is 18.8. The van der Waals surface area contributed by atoms with E-state index in [9.17, 15) is 0 Å². The molecule has 20 heavy (non-hydrogen) atoms. The number of nitrogens with one attached hydrogen (secondary N) is 1. The second-order valence-corrected chi connectivity index (χ2v) is 6.99. The van der Waals surface area contributed by atoms with Crippen molar-refractivity contribution in [1.29, 1.82) is 0 Å². The van der Waals surface area contributed by atoms with Gasteiger partial charge in [-0.1, -0.05) is 60.7 Å². The number of benzene rings is 1. The molecule has 0 aliphatic heterocycles. The molecule has 0 bridgehead atoms. The fraction of sp³-hybridized carbons (Fsp3) is 0.667. The first-order valence-electron chi connectivity index (χ1n) is 8.22. The van der Waals surface area contributed by atoms with Crippen LogP contribution < -0.4 is 5.32 Å². The Hall–Kier alpha value is -0.340. The van der Waals surface area contributed by atoms with Crippen LogP contribution in [0.1, 0.15) is 69.0 Å². The van der Waals surface area contributed by atoms with Crippen LogP contribution in [0.2, 0.25) is 0 Å². The van der Waals surface area contributed by atoms with Crippen molar-refractivity contribution in [3.8, 4) is 0 Å². The molecular formula is C18H28BrN. The van der Waals surface area contributed by atoms with Gasteiger partial charge in [-0.05, 0) is 55.8 Å². The first-order valence-corrected chi connectivity index (χ1v) is 9.01. The van der Waals surface area contributed by atoms with Crippen molar-refractivity contribution in [2.24, 2.45) is 5.92 Å². The molecule has 1 atom stereocenters. The highest BCUT2D eigenvalue weighted by molar-refractivity contribution is 9.10. The minimum Gasteiger partial charge on any atom is -0.310 e. The predicted molar refractivity (Wildman–Crippen MR) is 91.1 cm³/mol. The Bertz CT molecular complexity index is 408. The van der Waals surface area contributed by atoms with E-state index in [1.54, 1.807) is 0 Å². The number of rotatable bonds is 5. The third-order valence-electron chi connectivity index (χ3n) is 4.63.